The maximum absolute atomic E-state index is 12.6. The molecule has 1 atom stereocenters. The summed E-state index contributed by atoms with van der Waals surface area (Å²) in [6.45, 7) is 3.92. The minimum atomic E-state index is -0.819. The van der Waals surface area contributed by atoms with Crippen molar-refractivity contribution in [1.82, 2.24) is 9.80 Å². The normalized spacial score (nSPS) is 24.8. The summed E-state index contributed by atoms with van der Waals surface area (Å²) in [4.78, 5) is 27.5. The number of carbonyl (C=O) groups is 2. The van der Waals surface area contributed by atoms with Crippen LogP contribution in [0.1, 0.15) is 30.9 Å². The van der Waals surface area contributed by atoms with Crippen molar-refractivity contribution in [2.75, 3.05) is 13.1 Å². The quantitative estimate of drug-likeness (QED) is 0.862. The average molecular weight is 288 g/mol. The Morgan fingerprint density at radius 3 is 2.33 bits per heavy atom. The van der Waals surface area contributed by atoms with Gasteiger partial charge in [-0.3, -0.25) is 4.79 Å². The number of piperidine rings is 1. The van der Waals surface area contributed by atoms with E-state index >= 15 is 0 Å². The number of hydrogen-bond acceptors (Lipinski definition) is 2. The van der Waals surface area contributed by atoms with Crippen LogP contribution in [0.3, 0.4) is 0 Å². The van der Waals surface area contributed by atoms with Crippen LogP contribution >= 0.6 is 0 Å². The summed E-state index contributed by atoms with van der Waals surface area (Å²) >= 11 is 0. The monoisotopic (exact) mass is 288 g/mol. The number of amides is 2. The molecule has 0 radical (unpaired) electrons. The van der Waals surface area contributed by atoms with Crippen molar-refractivity contribution in [3.8, 4) is 0 Å². The fourth-order valence-electron chi connectivity index (χ4n) is 3.25. The van der Waals surface area contributed by atoms with Gasteiger partial charge in [0.05, 0.1) is 5.41 Å². The maximum atomic E-state index is 12.6. The number of fused-ring (bicyclic) bond motifs is 1. The summed E-state index contributed by atoms with van der Waals surface area (Å²) in [5.41, 5.74) is 1.55. The fraction of sp³-hybridized carbons (Fsp3) is 0.500. The zero-order valence-electron chi connectivity index (χ0n) is 12.2. The van der Waals surface area contributed by atoms with Crippen molar-refractivity contribution in [2.45, 2.75) is 32.9 Å². The number of benzene rings is 1. The maximum Gasteiger partial charge on any atom is 0.320 e. The van der Waals surface area contributed by atoms with Crippen LogP contribution in [0.2, 0.25) is 0 Å². The molecule has 0 aliphatic carbocycles. The molecular weight excluding hydrogens is 268 g/mol. The topological polar surface area (TPSA) is 60.9 Å². The molecule has 0 saturated carbocycles. The van der Waals surface area contributed by atoms with Crippen molar-refractivity contribution >= 4 is 12.0 Å². The molecular formula is C16H20N2O3. The van der Waals surface area contributed by atoms with Crippen molar-refractivity contribution in [3.05, 3.63) is 35.4 Å². The van der Waals surface area contributed by atoms with Gasteiger partial charge in [0.25, 0.3) is 0 Å². The minimum absolute atomic E-state index is 0.0432. The van der Waals surface area contributed by atoms with E-state index < -0.39 is 11.4 Å². The van der Waals surface area contributed by atoms with Gasteiger partial charge in [0.15, 0.2) is 0 Å². The smallest absolute Gasteiger partial charge is 0.320 e. The Balaban J connectivity index is 1.71. The number of rotatable bonds is 1. The number of nitrogens with zero attached hydrogens (tertiary/aromatic N) is 2. The largest absolute Gasteiger partial charge is 0.481 e. The first kappa shape index (κ1) is 13.9. The molecule has 5 nitrogen and oxygen atoms in total. The Morgan fingerprint density at radius 2 is 1.76 bits per heavy atom. The first-order valence-corrected chi connectivity index (χ1v) is 7.34. The summed E-state index contributed by atoms with van der Waals surface area (Å²) in [5, 5.41) is 9.35. The molecule has 2 amide bonds. The Kier molecular flexibility index (Phi) is 3.35. The highest BCUT2D eigenvalue weighted by Gasteiger charge is 2.40. The predicted octanol–water partition coefficient (Wildman–Crippen LogP) is 2.31. The first-order valence-electron chi connectivity index (χ1n) is 7.34. The lowest BCUT2D eigenvalue weighted by Gasteiger charge is -2.39. The van der Waals surface area contributed by atoms with Gasteiger partial charge >= 0.3 is 12.0 Å². The molecule has 0 aromatic heterocycles. The Hall–Kier alpha value is -2.04. The molecule has 2 aliphatic heterocycles. The predicted molar refractivity (Wildman–Crippen MR) is 77.6 cm³/mol. The summed E-state index contributed by atoms with van der Waals surface area (Å²) in [6, 6.07) is 8.00. The van der Waals surface area contributed by atoms with Crippen LogP contribution in [-0.4, -0.2) is 40.0 Å². The number of hydrogen-bond donors (Lipinski definition) is 1. The van der Waals surface area contributed by atoms with Gasteiger partial charge in [0.2, 0.25) is 0 Å². The number of carbonyl (C=O) groups excluding carboxylic acids is 1. The lowest BCUT2D eigenvalue weighted by Crippen LogP contribution is -2.51. The van der Waals surface area contributed by atoms with E-state index in [0.29, 0.717) is 32.6 Å². The van der Waals surface area contributed by atoms with Gasteiger partial charge in [-0.25, -0.2) is 4.79 Å². The first-order chi connectivity index (χ1) is 9.99. The van der Waals surface area contributed by atoms with Crippen LogP contribution in [0.4, 0.5) is 4.79 Å². The molecule has 1 aromatic carbocycles. The molecule has 3 rings (SSSR count). The van der Waals surface area contributed by atoms with Gasteiger partial charge in [-0.15, -0.1) is 0 Å². The van der Waals surface area contributed by atoms with Crippen LogP contribution in [0, 0.1) is 5.41 Å². The van der Waals surface area contributed by atoms with E-state index in [1.807, 2.05) is 24.3 Å². The molecule has 5 heteroatoms. The van der Waals surface area contributed by atoms with Crippen molar-refractivity contribution in [3.63, 3.8) is 0 Å². The number of urea groups is 1. The second-order valence-electron chi connectivity index (χ2n) is 6.30. The number of aliphatic carboxylic acids is 1. The van der Waals surface area contributed by atoms with E-state index in [0.717, 1.165) is 6.42 Å². The van der Waals surface area contributed by atoms with Gasteiger partial charge in [-0.2, -0.15) is 0 Å². The standard InChI is InChI=1S/C16H20N2O3/c1-16(14(19)20)7-4-8-17(11-16)15(21)18-9-12-5-2-3-6-13(12)10-18/h2-3,5-6H,4,7-11H2,1H3,(H,19,20). The highest BCUT2D eigenvalue weighted by Crippen LogP contribution is 2.31. The van der Waals surface area contributed by atoms with Crippen LogP contribution in [0.5, 0.6) is 0 Å². The molecule has 1 saturated heterocycles. The van der Waals surface area contributed by atoms with Crippen LogP contribution < -0.4 is 0 Å². The molecule has 0 bridgehead atoms. The molecule has 1 N–H and O–H groups in total. The average Bonchev–Trinajstić information content (AvgIpc) is 2.90. The summed E-state index contributed by atoms with van der Waals surface area (Å²) in [5.74, 6) is -0.815. The van der Waals surface area contributed by atoms with Gasteiger partial charge in [-0.05, 0) is 30.9 Å². The lowest BCUT2D eigenvalue weighted by atomic mass is 9.82. The molecule has 1 aromatic rings. The van der Waals surface area contributed by atoms with Crippen LogP contribution in [0.25, 0.3) is 0 Å². The van der Waals surface area contributed by atoms with E-state index in [-0.39, 0.29) is 6.03 Å². The highest BCUT2D eigenvalue weighted by molar-refractivity contribution is 5.79. The Bertz CT molecular complexity index is 562. The summed E-state index contributed by atoms with van der Waals surface area (Å²) in [7, 11) is 0. The lowest BCUT2D eigenvalue weighted by molar-refractivity contribution is -0.150. The number of likely N-dealkylation sites (tertiary alicyclic amines) is 1. The number of carboxylic acids is 1. The van der Waals surface area contributed by atoms with E-state index in [1.54, 1.807) is 16.7 Å². The number of carboxylic acid groups (broad SMARTS) is 1. The molecule has 21 heavy (non-hydrogen) atoms. The Morgan fingerprint density at radius 1 is 1.14 bits per heavy atom. The fourth-order valence-corrected chi connectivity index (χ4v) is 3.25. The van der Waals surface area contributed by atoms with E-state index in [2.05, 4.69) is 0 Å². The van der Waals surface area contributed by atoms with E-state index in [1.165, 1.54) is 11.1 Å². The molecule has 1 fully saturated rings. The minimum Gasteiger partial charge on any atom is -0.481 e. The summed E-state index contributed by atoms with van der Waals surface area (Å²) in [6.07, 6.45) is 1.38. The molecule has 112 valence electrons. The van der Waals surface area contributed by atoms with Crippen molar-refractivity contribution in [2.24, 2.45) is 5.41 Å². The molecule has 0 spiro atoms. The van der Waals surface area contributed by atoms with Gasteiger partial charge in [0, 0.05) is 26.2 Å². The molecule has 2 heterocycles. The highest BCUT2D eigenvalue weighted by atomic mass is 16.4. The SMILES string of the molecule is CC1(C(=O)O)CCCN(C(=O)N2Cc3ccccc3C2)C1. The van der Waals surface area contributed by atoms with Gasteiger partial charge in [0.1, 0.15) is 0 Å². The van der Waals surface area contributed by atoms with E-state index in [9.17, 15) is 14.7 Å². The summed E-state index contributed by atoms with van der Waals surface area (Å²) < 4.78 is 0. The van der Waals surface area contributed by atoms with Crippen molar-refractivity contribution in [1.29, 1.82) is 0 Å². The zero-order chi connectivity index (χ0) is 15.0. The third-order valence-electron chi connectivity index (χ3n) is 4.59. The second-order valence-corrected chi connectivity index (χ2v) is 6.30. The van der Waals surface area contributed by atoms with E-state index in [4.69, 9.17) is 0 Å². The molecule has 1 unspecified atom stereocenters. The molecule has 2 aliphatic rings. The third-order valence-corrected chi connectivity index (χ3v) is 4.59. The van der Waals surface area contributed by atoms with Crippen LogP contribution in [0.15, 0.2) is 24.3 Å². The third kappa shape index (κ3) is 2.48. The van der Waals surface area contributed by atoms with Crippen LogP contribution in [-0.2, 0) is 17.9 Å². The zero-order valence-corrected chi connectivity index (χ0v) is 12.2. The Labute approximate surface area is 124 Å². The second kappa shape index (κ2) is 5.06. The van der Waals surface area contributed by atoms with Crippen molar-refractivity contribution < 1.29 is 14.7 Å². The van der Waals surface area contributed by atoms with Gasteiger partial charge in [-0.1, -0.05) is 24.3 Å². The van der Waals surface area contributed by atoms with Gasteiger partial charge < -0.3 is 14.9 Å².